The van der Waals surface area contributed by atoms with Gasteiger partial charge in [-0.3, -0.25) is 0 Å². The summed E-state index contributed by atoms with van der Waals surface area (Å²) in [6.07, 6.45) is 9.80. The highest BCUT2D eigenvalue weighted by molar-refractivity contribution is 5.48. The number of hydrogen-bond acceptors (Lipinski definition) is 3. The molecule has 3 nitrogen and oxygen atoms in total. The van der Waals surface area contributed by atoms with Crippen molar-refractivity contribution in [2.24, 2.45) is 5.92 Å². The molecule has 1 aliphatic carbocycles. The number of hydrogen-bond donors (Lipinski definition) is 2. The lowest BCUT2D eigenvalue weighted by atomic mass is 9.83. The van der Waals surface area contributed by atoms with Gasteiger partial charge in [0.25, 0.3) is 0 Å². The molecule has 17 heavy (non-hydrogen) atoms. The van der Waals surface area contributed by atoms with Gasteiger partial charge in [0.05, 0.1) is 0 Å². The first-order valence-electron chi connectivity index (χ1n) is 6.77. The van der Waals surface area contributed by atoms with Crippen molar-refractivity contribution in [3.63, 3.8) is 0 Å². The number of anilines is 2. The van der Waals surface area contributed by atoms with Crippen molar-refractivity contribution < 1.29 is 0 Å². The summed E-state index contributed by atoms with van der Waals surface area (Å²) < 4.78 is 0. The summed E-state index contributed by atoms with van der Waals surface area (Å²) in [5, 5.41) is 3.55. The molecule has 1 aromatic heterocycles. The van der Waals surface area contributed by atoms with Crippen molar-refractivity contribution in [1.29, 1.82) is 0 Å². The second kappa shape index (κ2) is 5.89. The van der Waals surface area contributed by atoms with Crippen LogP contribution in [0, 0.1) is 5.92 Å². The number of pyridine rings is 1. The predicted octanol–water partition coefficient (Wildman–Crippen LogP) is 3.43. The van der Waals surface area contributed by atoms with Gasteiger partial charge in [-0.15, -0.1) is 0 Å². The minimum Gasteiger partial charge on any atom is -0.399 e. The number of nitrogens with zero attached hydrogens (tertiary/aromatic N) is 1. The molecule has 1 heterocycles. The Balaban J connectivity index is 1.98. The Labute approximate surface area is 104 Å². The monoisotopic (exact) mass is 233 g/mol. The molecule has 1 aromatic rings. The second-order valence-electron chi connectivity index (χ2n) is 5.03. The van der Waals surface area contributed by atoms with E-state index in [0.29, 0.717) is 6.04 Å². The van der Waals surface area contributed by atoms with Crippen molar-refractivity contribution in [2.75, 3.05) is 11.1 Å². The Morgan fingerprint density at radius 2 is 2.18 bits per heavy atom. The van der Waals surface area contributed by atoms with Gasteiger partial charge in [-0.05, 0) is 31.2 Å². The van der Waals surface area contributed by atoms with E-state index in [-0.39, 0.29) is 0 Å². The highest BCUT2D eigenvalue weighted by Gasteiger charge is 2.22. The van der Waals surface area contributed by atoms with E-state index >= 15 is 0 Å². The Morgan fingerprint density at radius 1 is 1.41 bits per heavy atom. The standard InChI is InChI=1S/C14H23N3/c1-2-13(11-6-4-3-5-7-11)17-14-10-12(15)8-9-16-14/h8-11,13H,2-7H2,1H3,(H3,15,16,17). The van der Waals surface area contributed by atoms with E-state index in [0.717, 1.165) is 23.8 Å². The molecule has 0 saturated heterocycles. The van der Waals surface area contributed by atoms with Crippen molar-refractivity contribution in [3.8, 4) is 0 Å². The van der Waals surface area contributed by atoms with Gasteiger partial charge in [0.1, 0.15) is 5.82 Å². The fourth-order valence-electron chi connectivity index (χ4n) is 2.81. The van der Waals surface area contributed by atoms with Gasteiger partial charge in [0.2, 0.25) is 0 Å². The maximum absolute atomic E-state index is 5.77. The first kappa shape index (κ1) is 12.2. The van der Waals surface area contributed by atoms with Crippen LogP contribution in [0.15, 0.2) is 18.3 Å². The van der Waals surface area contributed by atoms with Crippen LogP contribution < -0.4 is 11.1 Å². The van der Waals surface area contributed by atoms with Crippen LogP contribution in [0.5, 0.6) is 0 Å². The van der Waals surface area contributed by atoms with Crippen LogP contribution in [0.1, 0.15) is 45.4 Å². The molecule has 0 aromatic carbocycles. The van der Waals surface area contributed by atoms with Gasteiger partial charge in [-0.1, -0.05) is 26.2 Å². The Kier molecular flexibility index (Phi) is 4.24. The van der Waals surface area contributed by atoms with Gasteiger partial charge in [-0.25, -0.2) is 4.98 Å². The largest absolute Gasteiger partial charge is 0.399 e. The maximum atomic E-state index is 5.77. The van der Waals surface area contributed by atoms with E-state index in [2.05, 4.69) is 17.2 Å². The van der Waals surface area contributed by atoms with Crippen LogP contribution in [0.25, 0.3) is 0 Å². The summed E-state index contributed by atoms with van der Waals surface area (Å²) in [6.45, 7) is 2.25. The first-order chi connectivity index (χ1) is 8.29. The molecular weight excluding hydrogens is 210 g/mol. The van der Waals surface area contributed by atoms with Gasteiger partial charge < -0.3 is 11.1 Å². The average Bonchev–Trinajstić information content (AvgIpc) is 2.37. The molecule has 1 saturated carbocycles. The van der Waals surface area contributed by atoms with E-state index in [1.165, 1.54) is 32.1 Å². The lowest BCUT2D eigenvalue weighted by Crippen LogP contribution is -2.30. The molecule has 2 rings (SSSR count). The summed E-state index contributed by atoms with van der Waals surface area (Å²) in [6, 6.07) is 4.29. The fraction of sp³-hybridized carbons (Fsp3) is 0.643. The SMILES string of the molecule is CCC(Nc1cc(N)ccn1)C1CCCCC1. The van der Waals surface area contributed by atoms with E-state index in [4.69, 9.17) is 5.73 Å². The molecular formula is C14H23N3. The number of aromatic nitrogens is 1. The molecule has 1 aliphatic rings. The molecule has 1 fully saturated rings. The average molecular weight is 233 g/mol. The summed E-state index contributed by atoms with van der Waals surface area (Å²) in [5.74, 6) is 1.72. The predicted molar refractivity (Wildman–Crippen MR) is 72.9 cm³/mol. The number of nitrogen functional groups attached to an aromatic ring is 1. The summed E-state index contributed by atoms with van der Waals surface area (Å²) in [7, 11) is 0. The number of nitrogens with two attached hydrogens (primary N) is 1. The molecule has 1 atom stereocenters. The fourth-order valence-corrected chi connectivity index (χ4v) is 2.81. The minimum absolute atomic E-state index is 0.546. The maximum Gasteiger partial charge on any atom is 0.128 e. The van der Waals surface area contributed by atoms with Gasteiger partial charge in [-0.2, -0.15) is 0 Å². The third-order valence-electron chi connectivity index (χ3n) is 3.78. The van der Waals surface area contributed by atoms with Crippen molar-refractivity contribution >= 4 is 11.5 Å². The highest BCUT2D eigenvalue weighted by atomic mass is 15.0. The molecule has 0 amide bonds. The third kappa shape index (κ3) is 3.35. The molecule has 94 valence electrons. The molecule has 0 aliphatic heterocycles. The molecule has 0 bridgehead atoms. The third-order valence-corrected chi connectivity index (χ3v) is 3.78. The van der Waals surface area contributed by atoms with Crippen LogP contribution in [-0.2, 0) is 0 Å². The Morgan fingerprint density at radius 3 is 2.82 bits per heavy atom. The van der Waals surface area contributed by atoms with E-state index in [1.54, 1.807) is 6.20 Å². The minimum atomic E-state index is 0.546. The Bertz CT molecular complexity index is 345. The van der Waals surface area contributed by atoms with Crippen LogP contribution in [0.2, 0.25) is 0 Å². The molecule has 0 radical (unpaired) electrons. The normalized spacial score (nSPS) is 18.9. The highest BCUT2D eigenvalue weighted by Crippen LogP contribution is 2.29. The molecule has 3 N–H and O–H groups in total. The molecule has 3 heteroatoms. The second-order valence-corrected chi connectivity index (χ2v) is 5.03. The van der Waals surface area contributed by atoms with Crippen LogP contribution in [0.4, 0.5) is 11.5 Å². The van der Waals surface area contributed by atoms with Crippen LogP contribution >= 0.6 is 0 Å². The van der Waals surface area contributed by atoms with E-state index in [1.807, 2.05) is 12.1 Å². The summed E-state index contributed by atoms with van der Waals surface area (Å²) in [4.78, 5) is 4.33. The first-order valence-corrected chi connectivity index (χ1v) is 6.77. The van der Waals surface area contributed by atoms with Crippen molar-refractivity contribution in [1.82, 2.24) is 4.98 Å². The lowest BCUT2D eigenvalue weighted by Gasteiger charge is -2.30. The van der Waals surface area contributed by atoms with Gasteiger partial charge in [0, 0.05) is 24.0 Å². The van der Waals surface area contributed by atoms with Crippen molar-refractivity contribution in [3.05, 3.63) is 18.3 Å². The van der Waals surface area contributed by atoms with Crippen LogP contribution in [-0.4, -0.2) is 11.0 Å². The van der Waals surface area contributed by atoms with Crippen molar-refractivity contribution in [2.45, 2.75) is 51.5 Å². The Hall–Kier alpha value is -1.25. The zero-order valence-electron chi connectivity index (χ0n) is 10.7. The lowest BCUT2D eigenvalue weighted by molar-refractivity contribution is 0.312. The zero-order valence-corrected chi connectivity index (χ0v) is 10.7. The van der Waals surface area contributed by atoms with E-state index in [9.17, 15) is 0 Å². The van der Waals surface area contributed by atoms with Gasteiger partial charge >= 0.3 is 0 Å². The zero-order chi connectivity index (χ0) is 12.1. The number of rotatable bonds is 4. The summed E-state index contributed by atoms with van der Waals surface area (Å²) in [5.41, 5.74) is 6.55. The molecule has 1 unspecified atom stereocenters. The van der Waals surface area contributed by atoms with Crippen LogP contribution in [0.3, 0.4) is 0 Å². The smallest absolute Gasteiger partial charge is 0.128 e. The van der Waals surface area contributed by atoms with Gasteiger partial charge in [0.15, 0.2) is 0 Å². The number of nitrogens with one attached hydrogen (secondary N) is 1. The topological polar surface area (TPSA) is 50.9 Å². The quantitative estimate of drug-likeness (QED) is 0.837. The van der Waals surface area contributed by atoms with E-state index < -0.39 is 0 Å². The molecule has 0 spiro atoms. The summed E-state index contributed by atoms with van der Waals surface area (Å²) >= 11 is 0.